The van der Waals surface area contributed by atoms with Gasteiger partial charge in [0.1, 0.15) is 0 Å². The van der Waals surface area contributed by atoms with E-state index in [1.807, 2.05) is 24.3 Å². The molecule has 0 amide bonds. The monoisotopic (exact) mass is 328 g/mol. The van der Waals surface area contributed by atoms with Crippen LogP contribution in [0.25, 0.3) is 10.2 Å². The van der Waals surface area contributed by atoms with E-state index in [2.05, 4.69) is 10.3 Å². The number of hydrogen-bond acceptors (Lipinski definition) is 6. The lowest BCUT2D eigenvalue weighted by atomic mass is 10.1. The van der Waals surface area contributed by atoms with Crippen LogP contribution in [0.15, 0.2) is 42.5 Å². The van der Waals surface area contributed by atoms with E-state index in [1.165, 1.54) is 11.3 Å². The van der Waals surface area contributed by atoms with Crippen molar-refractivity contribution in [3.05, 3.63) is 48.0 Å². The fraction of sp³-hybridized carbons (Fsp3) is 0.176. The van der Waals surface area contributed by atoms with Crippen molar-refractivity contribution in [3.63, 3.8) is 0 Å². The molecule has 0 aliphatic carbocycles. The number of nitrogens with one attached hydrogen (secondary N) is 1. The molecule has 0 aliphatic rings. The molecule has 118 valence electrons. The molecule has 1 aromatic heterocycles. The number of anilines is 1. The second kappa shape index (κ2) is 6.66. The van der Waals surface area contributed by atoms with Crippen molar-refractivity contribution in [1.82, 2.24) is 4.98 Å². The highest BCUT2D eigenvalue weighted by molar-refractivity contribution is 7.22. The summed E-state index contributed by atoms with van der Waals surface area (Å²) in [7, 11) is 3.11. The number of ketones is 1. The Hall–Kier alpha value is -2.60. The Kier molecular flexibility index (Phi) is 4.43. The molecular formula is C17H16N2O3S. The highest BCUT2D eigenvalue weighted by Crippen LogP contribution is 2.28. The van der Waals surface area contributed by atoms with E-state index in [9.17, 15) is 4.79 Å². The Labute approximate surface area is 137 Å². The van der Waals surface area contributed by atoms with Crippen molar-refractivity contribution >= 4 is 32.5 Å². The van der Waals surface area contributed by atoms with Crippen LogP contribution in [-0.4, -0.2) is 31.5 Å². The third-order valence-corrected chi connectivity index (χ3v) is 4.39. The zero-order valence-electron chi connectivity index (χ0n) is 12.8. The van der Waals surface area contributed by atoms with E-state index in [0.717, 1.165) is 15.3 Å². The maximum absolute atomic E-state index is 12.3. The van der Waals surface area contributed by atoms with Gasteiger partial charge in [-0.1, -0.05) is 23.5 Å². The number of para-hydroxylation sites is 1. The maximum Gasteiger partial charge on any atom is 0.184 e. The third-order valence-electron chi connectivity index (χ3n) is 3.40. The summed E-state index contributed by atoms with van der Waals surface area (Å²) in [5, 5.41) is 3.82. The number of fused-ring (bicyclic) bond motifs is 1. The quantitative estimate of drug-likeness (QED) is 0.701. The molecule has 3 aromatic rings. The van der Waals surface area contributed by atoms with E-state index in [1.54, 1.807) is 32.4 Å². The number of ether oxygens (including phenoxy) is 2. The van der Waals surface area contributed by atoms with Gasteiger partial charge in [0.2, 0.25) is 0 Å². The van der Waals surface area contributed by atoms with Crippen LogP contribution in [-0.2, 0) is 0 Å². The molecule has 0 unspecified atom stereocenters. The first-order valence-electron chi connectivity index (χ1n) is 7.06. The highest BCUT2D eigenvalue weighted by atomic mass is 32.1. The van der Waals surface area contributed by atoms with Gasteiger partial charge in [0.05, 0.1) is 31.0 Å². The number of aromatic nitrogens is 1. The van der Waals surface area contributed by atoms with E-state index in [4.69, 9.17) is 9.47 Å². The molecule has 0 saturated carbocycles. The fourth-order valence-corrected chi connectivity index (χ4v) is 3.08. The smallest absolute Gasteiger partial charge is 0.184 e. The molecule has 1 heterocycles. The number of carbonyl (C=O) groups is 1. The SMILES string of the molecule is COc1ccc(C(=O)CNc2nc3ccccc3s2)cc1OC. The van der Waals surface area contributed by atoms with Crippen LogP contribution < -0.4 is 14.8 Å². The predicted molar refractivity (Wildman–Crippen MR) is 92.0 cm³/mol. The van der Waals surface area contributed by atoms with Crippen LogP contribution in [0.1, 0.15) is 10.4 Å². The minimum atomic E-state index is -0.0368. The minimum absolute atomic E-state index is 0.0368. The normalized spacial score (nSPS) is 10.5. The molecule has 23 heavy (non-hydrogen) atoms. The number of carbonyl (C=O) groups excluding carboxylic acids is 1. The van der Waals surface area contributed by atoms with Gasteiger partial charge in [-0.2, -0.15) is 0 Å². The van der Waals surface area contributed by atoms with Gasteiger partial charge in [0, 0.05) is 5.56 Å². The van der Waals surface area contributed by atoms with Gasteiger partial charge in [-0.3, -0.25) is 4.79 Å². The van der Waals surface area contributed by atoms with Crippen molar-refractivity contribution in [2.45, 2.75) is 0 Å². The van der Waals surface area contributed by atoms with Gasteiger partial charge in [-0.05, 0) is 30.3 Å². The van der Waals surface area contributed by atoms with Crippen molar-refractivity contribution in [2.75, 3.05) is 26.1 Å². The van der Waals surface area contributed by atoms with Crippen molar-refractivity contribution < 1.29 is 14.3 Å². The van der Waals surface area contributed by atoms with Crippen LogP contribution in [0.2, 0.25) is 0 Å². The standard InChI is InChI=1S/C17H16N2O3S/c1-21-14-8-7-11(9-15(14)22-2)13(20)10-18-17-19-12-5-3-4-6-16(12)23-17/h3-9H,10H2,1-2H3,(H,18,19). The molecule has 0 radical (unpaired) electrons. The molecule has 2 aromatic carbocycles. The Bertz CT molecular complexity index is 812. The van der Waals surface area contributed by atoms with Crippen LogP contribution >= 0.6 is 11.3 Å². The minimum Gasteiger partial charge on any atom is -0.493 e. The van der Waals surface area contributed by atoms with Crippen LogP contribution in [0, 0.1) is 0 Å². The molecule has 0 bridgehead atoms. The van der Waals surface area contributed by atoms with Crippen LogP contribution in [0.5, 0.6) is 11.5 Å². The lowest BCUT2D eigenvalue weighted by molar-refractivity contribution is 0.101. The molecule has 0 atom stereocenters. The van der Waals surface area contributed by atoms with Crippen molar-refractivity contribution in [1.29, 1.82) is 0 Å². The van der Waals surface area contributed by atoms with Gasteiger partial charge >= 0.3 is 0 Å². The molecular weight excluding hydrogens is 312 g/mol. The number of nitrogens with zero attached hydrogens (tertiary/aromatic N) is 1. The van der Waals surface area contributed by atoms with Crippen LogP contribution in [0.4, 0.5) is 5.13 Å². The first-order valence-corrected chi connectivity index (χ1v) is 7.87. The molecule has 6 heteroatoms. The fourth-order valence-electron chi connectivity index (χ4n) is 2.22. The van der Waals surface area contributed by atoms with E-state index in [0.29, 0.717) is 17.1 Å². The second-order valence-corrected chi connectivity index (χ2v) is 5.86. The summed E-state index contributed by atoms with van der Waals surface area (Å²) >= 11 is 1.53. The van der Waals surface area contributed by atoms with E-state index < -0.39 is 0 Å². The van der Waals surface area contributed by atoms with Crippen molar-refractivity contribution in [3.8, 4) is 11.5 Å². The average molecular weight is 328 g/mol. The van der Waals surface area contributed by atoms with Gasteiger partial charge in [-0.25, -0.2) is 4.98 Å². The van der Waals surface area contributed by atoms with Gasteiger partial charge in [0.15, 0.2) is 22.4 Å². The summed E-state index contributed by atoms with van der Waals surface area (Å²) in [5.41, 5.74) is 1.50. The predicted octanol–water partition coefficient (Wildman–Crippen LogP) is 3.61. The summed E-state index contributed by atoms with van der Waals surface area (Å²) in [6.07, 6.45) is 0. The largest absolute Gasteiger partial charge is 0.493 e. The molecule has 0 spiro atoms. The van der Waals surface area contributed by atoms with Gasteiger partial charge < -0.3 is 14.8 Å². The summed E-state index contributed by atoms with van der Waals surface area (Å²) in [5.74, 6) is 1.10. The lowest BCUT2D eigenvalue weighted by Crippen LogP contribution is -2.14. The number of hydrogen-bond donors (Lipinski definition) is 1. The Morgan fingerprint density at radius 3 is 2.65 bits per heavy atom. The zero-order chi connectivity index (χ0) is 16.2. The number of benzene rings is 2. The summed E-state index contributed by atoms with van der Waals surface area (Å²) < 4.78 is 11.5. The Morgan fingerprint density at radius 1 is 1.13 bits per heavy atom. The van der Waals surface area contributed by atoms with Gasteiger partial charge in [-0.15, -0.1) is 0 Å². The van der Waals surface area contributed by atoms with Gasteiger partial charge in [0.25, 0.3) is 0 Å². The van der Waals surface area contributed by atoms with E-state index >= 15 is 0 Å². The molecule has 5 nitrogen and oxygen atoms in total. The highest BCUT2D eigenvalue weighted by Gasteiger charge is 2.11. The third kappa shape index (κ3) is 3.27. The summed E-state index contributed by atoms with van der Waals surface area (Å²) in [6, 6.07) is 13.0. The number of methoxy groups -OCH3 is 2. The average Bonchev–Trinajstić information content (AvgIpc) is 3.01. The second-order valence-electron chi connectivity index (χ2n) is 4.83. The first-order chi connectivity index (χ1) is 11.2. The molecule has 3 rings (SSSR count). The number of thiazole rings is 1. The van der Waals surface area contributed by atoms with E-state index in [-0.39, 0.29) is 12.3 Å². The number of Topliss-reactive ketones (excluding diaryl/α,β-unsaturated/α-hetero) is 1. The Balaban J connectivity index is 1.71. The topological polar surface area (TPSA) is 60.5 Å². The lowest BCUT2D eigenvalue weighted by Gasteiger charge is -2.09. The first kappa shape index (κ1) is 15.3. The molecule has 0 aliphatic heterocycles. The molecule has 0 saturated heterocycles. The van der Waals surface area contributed by atoms with Crippen LogP contribution in [0.3, 0.4) is 0 Å². The summed E-state index contributed by atoms with van der Waals surface area (Å²) in [4.78, 5) is 16.8. The summed E-state index contributed by atoms with van der Waals surface area (Å²) in [6.45, 7) is 0.176. The molecule has 1 N–H and O–H groups in total. The number of rotatable bonds is 6. The van der Waals surface area contributed by atoms with Crippen molar-refractivity contribution in [2.24, 2.45) is 0 Å². The Morgan fingerprint density at radius 2 is 1.91 bits per heavy atom. The maximum atomic E-state index is 12.3. The molecule has 0 fully saturated rings. The zero-order valence-corrected chi connectivity index (χ0v) is 13.6.